The van der Waals surface area contributed by atoms with Gasteiger partial charge in [-0.3, -0.25) is 9.59 Å². The van der Waals surface area contributed by atoms with Crippen molar-refractivity contribution in [1.29, 1.82) is 0 Å². The number of methoxy groups -OCH3 is 2. The summed E-state index contributed by atoms with van der Waals surface area (Å²) in [6, 6.07) is 20.3. The van der Waals surface area contributed by atoms with Gasteiger partial charge in [0.25, 0.3) is 11.8 Å². The van der Waals surface area contributed by atoms with Crippen LogP contribution in [0, 0.1) is 0 Å². The maximum atomic E-state index is 12.9. The highest BCUT2D eigenvalue weighted by Gasteiger charge is 2.22. The number of para-hydroxylation sites is 2. The van der Waals surface area contributed by atoms with Crippen molar-refractivity contribution in [2.45, 2.75) is 25.3 Å². The van der Waals surface area contributed by atoms with Gasteiger partial charge in [-0.2, -0.15) is 0 Å². The average molecular weight is 461 g/mol. The maximum absolute atomic E-state index is 12.9. The molecule has 0 saturated carbocycles. The predicted molar refractivity (Wildman–Crippen MR) is 130 cm³/mol. The molecule has 34 heavy (non-hydrogen) atoms. The number of fused-ring (bicyclic) bond motifs is 1. The van der Waals surface area contributed by atoms with Crippen molar-refractivity contribution in [3.63, 3.8) is 0 Å². The van der Waals surface area contributed by atoms with Crippen LogP contribution in [0.1, 0.15) is 40.4 Å². The zero-order valence-corrected chi connectivity index (χ0v) is 19.3. The molecule has 2 amide bonds. The molecule has 0 heterocycles. The summed E-state index contributed by atoms with van der Waals surface area (Å²) >= 11 is 0. The van der Waals surface area contributed by atoms with Crippen LogP contribution in [0.4, 0.5) is 5.69 Å². The topological polar surface area (TPSA) is 85.9 Å². The molecule has 3 aromatic carbocycles. The molecule has 1 aliphatic carbocycles. The van der Waals surface area contributed by atoms with E-state index in [4.69, 9.17) is 14.2 Å². The van der Waals surface area contributed by atoms with E-state index < -0.39 is 0 Å². The molecule has 176 valence electrons. The van der Waals surface area contributed by atoms with Crippen molar-refractivity contribution in [1.82, 2.24) is 5.32 Å². The van der Waals surface area contributed by atoms with E-state index in [0.717, 1.165) is 19.3 Å². The normalized spacial score (nSPS) is 14.5. The average Bonchev–Trinajstić information content (AvgIpc) is 2.88. The highest BCUT2D eigenvalue weighted by atomic mass is 16.5. The van der Waals surface area contributed by atoms with Crippen LogP contribution in [0.15, 0.2) is 66.7 Å². The zero-order valence-electron chi connectivity index (χ0n) is 19.3. The largest absolute Gasteiger partial charge is 0.495 e. The molecule has 0 aromatic heterocycles. The third kappa shape index (κ3) is 5.31. The molecular formula is C27H28N2O5. The summed E-state index contributed by atoms with van der Waals surface area (Å²) in [5.74, 6) is 0.785. The molecule has 1 atom stereocenters. The molecule has 0 spiro atoms. The Balaban J connectivity index is 1.39. The Morgan fingerprint density at radius 3 is 2.50 bits per heavy atom. The summed E-state index contributed by atoms with van der Waals surface area (Å²) in [6.45, 7) is -0.223. The van der Waals surface area contributed by atoms with Crippen LogP contribution in [0.2, 0.25) is 0 Å². The van der Waals surface area contributed by atoms with Crippen LogP contribution in [-0.2, 0) is 11.2 Å². The van der Waals surface area contributed by atoms with E-state index in [1.165, 1.54) is 25.3 Å². The Kier molecular flexibility index (Phi) is 7.32. The van der Waals surface area contributed by atoms with E-state index in [0.29, 0.717) is 28.5 Å². The lowest BCUT2D eigenvalue weighted by Crippen LogP contribution is -2.31. The van der Waals surface area contributed by atoms with Crippen molar-refractivity contribution in [3.8, 4) is 17.2 Å². The lowest BCUT2D eigenvalue weighted by atomic mass is 9.87. The Bertz CT molecular complexity index is 1180. The van der Waals surface area contributed by atoms with E-state index in [1.807, 2.05) is 18.2 Å². The molecule has 0 aliphatic heterocycles. The molecule has 1 aliphatic rings. The monoisotopic (exact) mass is 460 g/mol. The maximum Gasteiger partial charge on any atom is 0.262 e. The van der Waals surface area contributed by atoms with Crippen LogP contribution in [-0.4, -0.2) is 32.6 Å². The first-order valence-electron chi connectivity index (χ1n) is 11.2. The van der Waals surface area contributed by atoms with E-state index >= 15 is 0 Å². The van der Waals surface area contributed by atoms with Gasteiger partial charge < -0.3 is 24.8 Å². The number of amides is 2. The van der Waals surface area contributed by atoms with Crippen LogP contribution in [0.5, 0.6) is 17.2 Å². The summed E-state index contributed by atoms with van der Waals surface area (Å²) in [5.41, 5.74) is 3.48. The Hall–Kier alpha value is -4.00. The predicted octanol–water partition coefficient (Wildman–Crippen LogP) is 4.53. The third-order valence-corrected chi connectivity index (χ3v) is 5.84. The van der Waals surface area contributed by atoms with Crippen LogP contribution in [0.25, 0.3) is 0 Å². The lowest BCUT2D eigenvalue weighted by molar-refractivity contribution is -0.118. The van der Waals surface area contributed by atoms with Crippen LogP contribution < -0.4 is 24.8 Å². The molecule has 7 nitrogen and oxygen atoms in total. The highest BCUT2D eigenvalue weighted by molar-refractivity contribution is 5.95. The Morgan fingerprint density at radius 1 is 0.912 bits per heavy atom. The van der Waals surface area contributed by atoms with Crippen molar-refractivity contribution in [2.24, 2.45) is 0 Å². The fourth-order valence-corrected chi connectivity index (χ4v) is 4.15. The van der Waals surface area contributed by atoms with Gasteiger partial charge in [-0.25, -0.2) is 0 Å². The van der Waals surface area contributed by atoms with Gasteiger partial charge in [0.1, 0.15) is 5.75 Å². The summed E-state index contributed by atoms with van der Waals surface area (Å²) < 4.78 is 16.3. The number of benzene rings is 3. The van der Waals surface area contributed by atoms with Gasteiger partial charge in [-0.1, -0.05) is 36.4 Å². The number of aryl methyl sites for hydroxylation is 1. The second-order valence-electron chi connectivity index (χ2n) is 8.02. The Morgan fingerprint density at radius 2 is 1.68 bits per heavy atom. The molecule has 2 N–H and O–H groups in total. The quantitative estimate of drug-likeness (QED) is 0.516. The van der Waals surface area contributed by atoms with Gasteiger partial charge in [0.05, 0.1) is 25.9 Å². The van der Waals surface area contributed by atoms with Gasteiger partial charge in [-0.15, -0.1) is 0 Å². The fraction of sp³-hybridized carbons (Fsp3) is 0.259. The van der Waals surface area contributed by atoms with Crippen molar-refractivity contribution in [2.75, 3.05) is 26.1 Å². The first-order chi connectivity index (χ1) is 16.6. The van der Waals surface area contributed by atoms with Crippen molar-refractivity contribution < 1.29 is 23.8 Å². The molecule has 0 unspecified atom stereocenters. The van der Waals surface area contributed by atoms with Crippen molar-refractivity contribution in [3.05, 3.63) is 83.4 Å². The van der Waals surface area contributed by atoms with E-state index in [1.54, 1.807) is 36.4 Å². The molecular weight excluding hydrogens is 432 g/mol. The summed E-state index contributed by atoms with van der Waals surface area (Å²) in [7, 11) is 3.03. The van der Waals surface area contributed by atoms with Gasteiger partial charge in [-0.05, 0) is 60.7 Å². The van der Waals surface area contributed by atoms with Crippen LogP contribution >= 0.6 is 0 Å². The molecule has 0 bridgehead atoms. The van der Waals surface area contributed by atoms with Gasteiger partial charge in [0.15, 0.2) is 18.1 Å². The van der Waals surface area contributed by atoms with Gasteiger partial charge >= 0.3 is 0 Å². The number of hydrogen-bond donors (Lipinski definition) is 2. The standard InChI is InChI=1S/C27H28N2O5/c1-32-23-13-6-5-11-22(23)28-26(30)17-34-24-15-14-19(16-25(24)33-2)27(31)29-21-12-7-9-18-8-3-4-10-20(18)21/h3-6,8,10-11,13-16,21H,7,9,12,17H2,1-2H3,(H,28,30)(H,29,31)/t21-/m0/s1. The number of carbonyl (C=O) groups excluding carboxylic acids is 2. The first-order valence-corrected chi connectivity index (χ1v) is 11.2. The second-order valence-corrected chi connectivity index (χ2v) is 8.02. The van der Waals surface area contributed by atoms with Crippen molar-refractivity contribution >= 4 is 17.5 Å². The number of nitrogens with one attached hydrogen (secondary N) is 2. The lowest BCUT2D eigenvalue weighted by Gasteiger charge is -2.26. The Labute approximate surface area is 199 Å². The fourth-order valence-electron chi connectivity index (χ4n) is 4.15. The first kappa shape index (κ1) is 23.2. The number of carbonyl (C=O) groups is 2. The smallest absolute Gasteiger partial charge is 0.262 e. The van der Waals surface area contributed by atoms with E-state index in [-0.39, 0.29) is 24.5 Å². The van der Waals surface area contributed by atoms with Gasteiger partial charge in [0.2, 0.25) is 0 Å². The van der Waals surface area contributed by atoms with Crippen LogP contribution in [0.3, 0.4) is 0 Å². The van der Waals surface area contributed by atoms with E-state index in [9.17, 15) is 9.59 Å². The number of rotatable bonds is 8. The number of ether oxygens (including phenoxy) is 3. The van der Waals surface area contributed by atoms with E-state index in [2.05, 4.69) is 22.8 Å². The molecule has 3 aromatic rings. The minimum atomic E-state index is -0.343. The molecule has 0 saturated heterocycles. The minimum Gasteiger partial charge on any atom is -0.495 e. The number of anilines is 1. The summed E-state index contributed by atoms with van der Waals surface area (Å²) in [5, 5.41) is 5.90. The summed E-state index contributed by atoms with van der Waals surface area (Å²) in [6.07, 6.45) is 2.98. The summed E-state index contributed by atoms with van der Waals surface area (Å²) in [4.78, 5) is 25.3. The molecule has 0 radical (unpaired) electrons. The molecule has 7 heteroatoms. The third-order valence-electron chi connectivity index (χ3n) is 5.84. The second kappa shape index (κ2) is 10.7. The highest BCUT2D eigenvalue weighted by Crippen LogP contribution is 2.31. The van der Waals surface area contributed by atoms with Gasteiger partial charge in [0, 0.05) is 5.56 Å². The molecule has 0 fully saturated rings. The molecule has 4 rings (SSSR count). The minimum absolute atomic E-state index is 0.0157. The SMILES string of the molecule is COc1ccccc1NC(=O)COc1ccc(C(=O)N[C@H]2CCCc3ccccc32)cc1OC. The number of hydrogen-bond acceptors (Lipinski definition) is 5. The zero-order chi connectivity index (χ0) is 23.9.